The van der Waals surface area contributed by atoms with Crippen LogP contribution in [0.15, 0.2) is 71.6 Å². The number of hydrogen-bond donors (Lipinski definition) is 1. The monoisotopic (exact) mass is 371 g/mol. The summed E-state index contributed by atoms with van der Waals surface area (Å²) in [6.07, 6.45) is 0. The van der Waals surface area contributed by atoms with E-state index in [4.69, 9.17) is 16.3 Å². The number of ether oxygens (including phenoxy) is 1. The number of amides is 1. The van der Waals surface area contributed by atoms with Gasteiger partial charge in [-0.15, -0.1) is 11.8 Å². The summed E-state index contributed by atoms with van der Waals surface area (Å²) in [6, 6.07) is 21.6. The lowest BCUT2D eigenvalue weighted by molar-refractivity contribution is -0.118. The van der Waals surface area contributed by atoms with Gasteiger partial charge in [-0.2, -0.15) is 0 Å². The second kappa shape index (κ2) is 8.79. The molecular formula is C20H18ClNO2S. The number of nitrogens with one attached hydrogen (secondary N) is 1. The number of thioether (sulfide) groups is 1. The summed E-state index contributed by atoms with van der Waals surface area (Å²) in [5.74, 6) is 1.17. The summed E-state index contributed by atoms with van der Waals surface area (Å²) >= 11 is 7.32. The third kappa shape index (κ3) is 5.41. The SMILES string of the molecule is O=C(CSc1ccc(Cl)cc1)NCCOc1ccc2ccccc2c1. The third-order valence-electron chi connectivity index (χ3n) is 3.60. The van der Waals surface area contributed by atoms with Crippen molar-refractivity contribution in [2.75, 3.05) is 18.9 Å². The maximum atomic E-state index is 11.9. The molecule has 3 aromatic rings. The summed E-state index contributed by atoms with van der Waals surface area (Å²) in [5.41, 5.74) is 0. The van der Waals surface area contributed by atoms with Crippen LogP contribution in [-0.4, -0.2) is 24.8 Å². The van der Waals surface area contributed by atoms with Gasteiger partial charge in [-0.25, -0.2) is 0 Å². The molecule has 0 saturated heterocycles. The average molecular weight is 372 g/mol. The Bertz CT molecular complexity index is 852. The molecule has 0 aliphatic heterocycles. The van der Waals surface area contributed by atoms with Crippen molar-refractivity contribution in [3.63, 3.8) is 0 Å². The van der Waals surface area contributed by atoms with Gasteiger partial charge in [0.15, 0.2) is 0 Å². The maximum absolute atomic E-state index is 11.9. The summed E-state index contributed by atoms with van der Waals surface area (Å²) in [6.45, 7) is 0.919. The topological polar surface area (TPSA) is 38.3 Å². The molecule has 3 nitrogen and oxygen atoms in total. The zero-order valence-electron chi connectivity index (χ0n) is 13.6. The van der Waals surface area contributed by atoms with Crippen molar-refractivity contribution in [2.24, 2.45) is 0 Å². The number of benzene rings is 3. The highest BCUT2D eigenvalue weighted by Crippen LogP contribution is 2.21. The summed E-state index contributed by atoms with van der Waals surface area (Å²) in [4.78, 5) is 12.9. The lowest BCUT2D eigenvalue weighted by Gasteiger charge is -2.09. The summed E-state index contributed by atoms with van der Waals surface area (Å²) in [5, 5.41) is 5.88. The number of carbonyl (C=O) groups is 1. The lowest BCUT2D eigenvalue weighted by atomic mass is 10.1. The molecule has 3 aromatic carbocycles. The number of halogens is 1. The number of rotatable bonds is 7. The second-order valence-corrected chi connectivity index (χ2v) is 6.94. The van der Waals surface area contributed by atoms with Crippen molar-refractivity contribution in [3.05, 3.63) is 71.8 Å². The summed E-state index contributed by atoms with van der Waals surface area (Å²) < 4.78 is 5.70. The first-order valence-corrected chi connectivity index (χ1v) is 9.34. The van der Waals surface area contributed by atoms with E-state index in [2.05, 4.69) is 17.4 Å². The second-order valence-electron chi connectivity index (χ2n) is 5.45. The van der Waals surface area contributed by atoms with Gasteiger partial charge in [0.25, 0.3) is 0 Å². The predicted molar refractivity (Wildman–Crippen MR) is 105 cm³/mol. The van der Waals surface area contributed by atoms with Crippen molar-refractivity contribution in [1.82, 2.24) is 5.32 Å². The first-order valence-electron chi connectivity index (χ1n) is 7.97. The minimum absolute atomic E-state index is 0.0120. The standard InChI is InChI=1S/C20H18ClNO2S/c21-17-6-9-19(10-7-17)25-14-20(23)22-11-12-24-18-8-5-15-3-1-2-4-16(15)13-18/h1-10,13H,11-12,14H2,(H,22,23). The van der Waals surface area contributed by atoms with Crippen LogP contribution in [0.2, 0.25) is 5.02 Å². The van der Waals surface area contributed by atoms with Crippen LogP contribution in [0, 0.1) is 0 Å². The van der Waals surface area contributed by atoms with E-state index in [9.17, 15) is 4.79 Å². The van der Waals surface area contributed by atoms with Crippen LogP contribution in [0.1, 0.15) is 0 Å². The van der Waals surface area contributed by atoms with Crippen molar-refractivity contribution in [3.8, 4) is 5.75 Å². The Morgan fingerprint density at radius 2 is 1.76 bits per heavy atom. The van der Waals surface area contributed by atoms with Crippen LogP contribution in [0.25, 0.3) is 10.8 Å². The van der Waals surface area contributed by atoms with Crippen molar-refractivity contribution in [2.45, 2.75) is 4.90 Å². The van der Waals surface area contributed by atoms with Crippen molar-refractivity contribution in [1.29, 1.82) is 0 Å². The first-order chi connectivity index (χ1) is 12.2. The first kappa shape index (κ1) is 17.6. The number of fused-ring (bicyclic) bond motifs is 1. The fourth-order valence-electron chi connectivity index (χ4n) is 2.35. The molecule has 5 heteroatoms. The number of hydrogen-bond acceptors (Lipinski definition) is 3. The van der Waals surface area contributed by atoms with Gasteiger partial charge < -0.3 is 10.1 Å². The minimum Gasteiger partial charge on any atom is -0.492 e. The quantitative estimate of drug-likeness (QED) is 0.479. The largest absolute Gasteiger partial charge is 0.492 e. The fourth-order valence-corrected chi connectivity index (χ4v) is 3.20. The van der Waals surface area contributed by atoms with E-state index in [1.807, 2.05) is 54.6 Å². The van der Waals surface area contributed by atoms with Crippen molar-refractivity contribution >= 4 is 40.0 Å². The highest BCUT2D eigenvalue weighted by atomic mass is 35.5. The van der Waals surface area contributed by atoms with Gasteiger partial charge in [0, 0.05) is 9.92 Å². The molecule has 1 N–H and O–H groups in total. The molecule has 0 heterocycles. The molecule has 0 saturated carbocycles. The van der Waals surface area contributed by atoms with Crippen LogP contribution in [0.5, 0.6) is 5.75 Å². The molecule has 0 atom stereocenters. The predicted octanol–water partition coefficient (Wildman–Crippen LogP) is 4.78. The van der Waals surface area contributed by atoms with E-state index >= 15 is 0 Å². The normalized spacial score (nSPS) is 10.6. The fraction of sp³-hybridized carbons (Fsp3) is 0.150. The molecule has 0 aliphatic rings. The summed E-state index contributed by atoms with van der Waals surface area (Å²) in [7, 11) is 0. The molecule has 0 unspecified atom stereocenters. The van der Waals surface area contributed by atoms with E-state index in [0.29, 0.717) is 23.9 Å². The van der Waals surface area contributed by atoms with Crippen LogP contribution in [0.3, 0.4) is 0 Å². The minimum atomic E-state index is -0.0120. The smallest absolute Gasteiger partial charge is 0.230 e. The van der Waals surface area contributed by atoms with Crippen molar-refractivity contribution < 1.29 is 9.53 Å². The van der Waals surface area contributed by atoms with Gasteiger partial charge in [-0.3, -0.25) is 4.79 Å². The maximum Gasteiger partial charge on any atom is 0.230 e. The van der Waals surface area contributed by atoms with Gasteiger partial charge in [0.05, 0.1) is 12.3 Å². The van der Waals surface area contributed by atoms with E-state index in [1.54, 1.807) is 0 Å². The molecule has 128 valence electrons. The van der Waals surface area contributed by atoms with Crippen LogP contribution < -0.4 is 10.1 Å². The zero-order chi connectivity index (χ0) is 17.5. The van der Waals surface area contributed by atoms with Gasteiger partial charge in [0.2, 0.25) is 5.91 Å². The lowest BCUT2D eigenvalue weighted by Crippen LogP contribution is -2.29. The van der Waals surface area contributed by atoms with Crippen LogP contribution in [0.4, 0.5) is 0 Å². The van der Waals surface area contributed by atoms with Gasteiger partial charge in [0.1, 0.15) is 12.4 Å². The Kier molecular flexibility index (Phi) is 6.20. The van der Waals surface area contributed by atoms with Gasteiger partial charge >= 0.3 is 0 Å². The van der Waals surface area contributed by atoms with E-state index < -0.39 is 0 Å². The molecule has 0 spiro atoms. The molecule has 0 fully saturated rings. The van der Waals surface area contributed by atoms with Gasteiger partial charge in [-0.05, 0) is 47.2 Å². The van der Waals surface area contributed by atoms with E-state index in [1.165, 1.54) is 17.1 Å². The number of carbonyl (C=O) groups excluding carboxylic acids is 1. The highest BCUT2D eigenvalue weighted by molar-refractivity contribution is 8.00. The Balaban J connectivity index is 1.38. The van der Waals surface area contributed by atoms with Gasteiger partial charge in [-0.1, -0.05) is 41.9 Å². The van der Waals surface area contributed by atoms with E-state index in [0.717, 1.165) is 16.0 Å². The molecule has 1 amide bonds. The molecule has 3 rings (SSSR count). The van der Waals surface area contributed by atoms with Crippen LogP contribution in [-0.2, 0) is 4.79 Å². The van der Waals surface area contributed by atoms with E-state index in [-0.39, 0.29) is 5.91 Å². The third-order valence-corrected chi connectivity index (χ3v) is 4.86. The Morgan fingerprint density at radius 3 is 2.56 bits per heavy atom. The molecule has 0 bridgehead atoms. The Morgan fingerprint density at radius 1 is 1.00 bits per heavy atom. The molecule has 0 aliphatic carbocycles. The Hall–Kier alpha value is -2.17. The molecule has 0 radical (unpaired) electrons. The zero-order valence-corrected chi connectivity index (χ0v) is 15.1. The Labute approximate surface area is 156 Å². The van der Waals surface area contributed by atoms with Crippen LogP contribution >= 0.6 is 23.4 Å². The average Bonchev–Trinajstić information content (AvgIpc) is 2.64. The molecular weight excluding hydrogens is 354 g/mol. The molecule has 25 heavy (non-hydrogen) atoms. The highest BCUT2D eigenvalue weighted by Gasteiger charge is 2.03. The molecule has 0 aromatic heterocycles.